The lowest BCUT2D eigenvalue weighted by atomic mass is 10.0. The topological polar surface area (TPSA) is 36.3 Å². The molecule has 1 aliphatic heterocycles. The van der Waals surface area contributed by atoms with Gasteiger partial charge in [-0.15, -0.1) is 0 Å². The Kier molecular flexibility index (Phi) is 4.75. The number of anilines is 1. The molecule has 2 aromatic carbocycles. The molecular weight excluding hydrogens is 284 g/mol. The van der Waals surface area contributed by atoms with E-state index in [2.05, 4.69) is 36.1 Å². The second-order valence-corrected chi connectivity index (χ2v) is 5.68. The fraction of sp³-hybridized carbons (Fsp3) is 0.250. The number of morpholine rings is 1. The van der Waals surface area contributed by atoms with Gasteiger partial charge in [0.25, 0.3) is 0 Å². The molecule has 0 radical (unpaired) electrons. The molecule has 1 heterocycles. The minimum Gasteiger partial charge on any atom is -0.378 e. The highest BCUT2D eigenvalue weighted by Gasteiger charge is 2.12. The molecule has 1 aliphatic rings. The van der Waals surface area contributed by atoms with Gasteiger partial charge in [0, 0.05) is 18.8 Å². The van der Waals surface area contributed by atoms with E-state index in [4.69, 9.17) is 4.74 Å². The standard InChI is InChI=1S/C20H20N2O/c1-16-13-20(22-9-11-23-12-10-22)8-7-18(16)14-19(15-21)17-5-3-2-4-6-17/h2-8,13-14H,9-12H2,1H3/b19-14+. The van der Waals surface area contributed by atoms with Crippen LogP contribution in [-0.4, -0.2) is 26.3 Å². The molecule has 3 heteroatoms. The highest BCUT2D eigenvalue weighted by Crippen LogP contribution is 2.24. The van der Waals surface area contributed by atoms with Crippen LogP contribution in [0.1, 0.15) is 16.7 Å². The van der Waals surface area contributed by atoms with E-state index in [1.165, 1.54) is 11.3 Å². The maximum atomic E-state index is 9.45. The molecule has 0 unspecified atom stereocenters. The summed E-state index contributed by atoms with van der Waals surface area (Å²) in [7, 11) is 0. The van der Waals surface area contributed by atoms with E-state index >= 15 is 0 Å². The average molecular weight is 304 g/mol. The van der Waals surface area contributed by atoms with Crippen molar-refractivity contribution < 1.29 is 4.74 Å². The first-order chi connectivity index (χ1) is 11.3. The van der Waals surface area contributed by atoms with E-state index in [9.17, 15) is 5.26 Å². The van der Waals surface area contributed by atoms with Crippen molar-refractivity contribution in [1.29, 1.82) is 5.26 Å². The van der Waals surface area contributed by atoms with E-state index in [1.54, 1.807) is 0 Å². The molecule has 0 N–H and O–H groups in total. The zero-order chi connectivity index (χ0) is 16.1. The molecule has 3 rings (SSSR count). The van der Waals surface area contributed by atoms with Gasteiger partial charge in [-0.1, -0.05) is 36.4 Å². The van der Waals surface area contributed by atoms with Crippen LogP contribution >= 0.6 is 0 Å². The zero-order valence-corrected chi connectivity index (χ0v) is 13.3. The second-order valence-electron chi connectivity index (χ2n) is 5.68. The van der Waals surface area contributed by atoms with Crippen LogP contribution in [0.3, 0.4) is 0 Å². The molecular formula is C20H20N2O. The van der Waals surface area contributed by atoms with Crippen LogP contribution < -0.4 is 4.90 Å². The van der Waals surface area contributed by atoms with Gasteiger partial charge in [0.2, 0.25) is 0 Å². The van der Waals surface area contributed by atoms with Crippen molar-refractivity contribution in [3.05, 3.63) is 65.2 Å². The van der Waals surface area contributed by atoms with Crippen molar-refractivity contribution in [2.24, 2.45) is 0 Å². The van der Waals surface area contributed by atoms with Crippen LogP contribution in [0.15, 0.2) is 48.5 Å². The van der Waals surface area contributed by atoms with Crippen LogP contribution in [-0.2, 0) is 4.74 Å². The summed E-state index contributed by atoms with van der Waals surface area (Å²) in [5, 5.41) is 9.45. The summed E-state index contributed by atoms with van der Waals surface area (Å²) in [6.45, 7) is 5.53. The molecule has 1 fully saturated rings. The molecule has 0 amide bonds. The summed E-state index contributed by atoms with van der Waals surface area (Å²) < 4.78 is 5.40. The van der Waals surface area contributed by atoms with Crippen molar-refractivity contribution in [3.8, 4) is 6.07 Å². The molecule has 0 atom stereocenters. The lowest BCUT2D eigenvalue weighted by molar-refractivity contribution is 0.122. The molecule has 0 saturated carbocycles. The van der Waals surface area contributed by atoms with Crippen molar-refractivity contribution in [1.82, 2.24) is 0 Å². The normalized spacial score (nSPS) is 15.3. The Morgan fingerprint density at radius 2 is 1.87 bits per heavy atom. The maximum absolute atomic E-state index is 9.45. The molecule has 0 aromatic heterocycles. The van der Waals surface area contributed by atoms with E-state index in [0.29, 0.717) is 5.57 Å². The Morgan fingerprint density at radius 3 is 2.52 bits per heavy atom. The number of hydrogen-bond donors (Lipinski definition) is 0. The van der Waals surface area contributed by atoms with Gasteiger partial charge >= 0.3 is 0 Å². The molecule has 0 aliphatic carbocycles. The lowest BCUT2D eigenvalue weighted by Gasteiger charge is -2.29. The predicted molar refractivity (Wildman–Crippen MR) is 94.1 cm³/mol. The predicted octanol–water partition coefficient (Wildman–Crippen LogP) is 3.90. The molecule has 0 spiro atoms. The summed E-state index contributed by atoms with van der Waals surface area (Å²) in [6.07, 6.45) is 1.97. The van der Waals surface area contributed by atoms with E-state index < -0.39 is 0 Å². The number of nitriles is 1. The number of rotatable bonds is 3. The number of hydrogen-bond acceptors (Lipinski definition) is 3. The number of ether oxygens (including phenoxy) is 1. The van der Waals surface area contributed by atoms with Crippen LogP contribution in [0.25, 0.3) is 11.6 Å². The Labute approximate surface area is 137 Å². The smallest absolute Gasteiger partial charge is 0.0998 e. The third-order valence-electron chi connectivity index (χ3n) is 4.13. The highest BCUT2D eigenvalue weighted by molar-refractivity contribution is 5.90. The van der Waals surface area contributed by atoms with Gasteiger partial charge in [0.1, 0.15) is 0 Å². The SMILES string of the molecule is Cc1cc(N2CCOCC2)ccc1/C=C(\C#N)c1ccccc1. The summed E-state index contributed by atoms with van der Waals surface area (Å²) in [5.41, 5.74) is 5.13. The quantitative estimate of drug-likeness (QED) is 0.637. The van der Waals surface area contributed by atoms with Crippen LogP contribution in [0.2, 0.25) is 0 Å². The highest BCUT2D eigenvalue weighted by atomic mass is 16.5. The average Bonchev–Trinajstić information content (AvgIpc) is 2.62. The van der Waals surface area contributed by atoms with Crippen molar-refractivity contribution in [3.63, 3.8) is 0 Å². The van der Waals surface area contributed by atoms with E-state index in [0.717, 1.165) is 37.4 Å². The molecule has 23 heavy (non-hydrogen) atoms. The maximum Gasteiger partial charge on any atom is 0.0998 e. The van der Waals surface area contributed by atoms with Gasteiger partial charge in [0.15, 0.2) is 0 Å². The fourth-order valence-electron chi connectivity index (χ4n) is 2.79. The number of aryl methyl sites for hydroxylation is 1. The molecule has 116 valence electrons. The first-order valence-corrected chi connectivity index (χ1v) is 7.88. The van der Waals surface area contributed by atoms with Gasteiger partial charge in [-0.05, 0) is 41.8 Å². The Morgan fingerprint density at radius 1 is 1.13 bits per heavy atom. The molecule has 3 nitrogen and oxygen atoms in total. The molecule has 1 saturated heterocycles. The molecule has 2 aromatic rings. The monoisotopic (exact) mass is 304 g/mol. The lowest BCUT2D eigenvalue weighted by Crippen LogP contribution is -2.36. The van der Waals surface area contributed by atoms with Crippen molar-refractivity contribution in [2.75, 3.05) is 31.2 Å². The number of benzene rings is 2. The number of nitrogens with zero attached hydrogens (tertiary/aromatic N) is 2. The van der Waals surface area contributed by atoms with Crippen molar-refractivity contribution >= 4 is 17.3 Å². The van der Waals surface area contributed by atoms with Crippen LogP contribution in [0.4, 0.5) is 5.69 Å². The van der Waals surface area contributed by atoms with Crippen LogP contribution in [0.5, 0.6) is 0 Å². The molecule has 0 bridgehead atoms. The minimum absolute atomic E-state index is 0.688. The van der Waals surface area contributed by atoms with Gasteiger partial charge in [0.05, 0.1) is 24.9 Å². The fourth-order valence-corrected chi connectivity index (χ4v) is 2.79. The Hall–Kier alpha value is -2.57. The largest absolute Gasteiger partial charge is 0.378 e. The van der Waals surface area contributed by atoms with Crippen molar-refractivity contribution in [2.45, 2.75) is 6.92 Å². The van der Waals surface area contributed by atoms with Gasteiger partial charge in [-0.2, -0.15) is 5.26 Å². The second kappa shape index (κ2) is 7.13. The van der Waals surface area contributed by atoms with E-state index in [-0.39, 0.29) is 0 Å². The summed E-state index contributed by atoms with van der Waals surface area (Å²) in [5.74, 6) is 0. The van der Waals surface area contributed by atoms with Gasteiger partial charge in [-0.25, -0.2) is 0 Å². The Bertz CT molecular complexity index is 738. The minimum atomic E-state index is 0.688. The summed E-state index contributed by atoms with van der Waals surface area (Å²) in [6, 6.07) is 18.5. The summed E-state index contributed by atoms with van der Waals surface area (Å²) in [4.78, 5) is 2.34. The Balaban J connectivity index is 1.88. The first kappa shape index (κ1) is 15.3. The number of allylic oxidation sites excluding steroid dienone is 1. The summed E-state index contributed by atoms with van der Waals surface area (Å²) >= 11 is 0. The van der Waals surface area contributed by atoms with Crippen LogP contribution in [0, 0.1) is 18.3 Å². The van der Waals surface area contributed by atoms with E-state index in [1.807, 2.05) is 36.4 Å². The third-order valence-corrected chi connectivity index (χ3v) is 4.13. The first-order valence-electron chi connectivity index (χ1n) is 7.88. The third kappa shape index (κ3) is 3.61. The zero-order valence-electron chi connectivity index (χ0n) is 13.3. The van der Waals surface area contributed by atoms with Gasteiger partial charge < -0.3 is 9.64 Å². The van der Waals surface area contributed by atoms with Gasteiger partial charge in [-0.3, -0.25) is 0 Å².